The Bertz CT molecular complexity index is 417. The van der Waals surface area contributed by atoms with Crippen LogP contribution in [-0.2, 0) is 18.2 Å². The van der Waals surface area contributed by atoms with Gasteiger partial charge in [0, 0.05) is 38.4 Å². The predicted molar refractivity (Wildman–Crippen MR) is 76.4 cm³/mol. The largest absolute Gasteiger partial charge is 0.374 e. The molecule has 0 aromatic carbocycles. The summed E-state index contributed by atoms with van der Waals surface area (Å²) < 4.78 is 7.79. The van der Waals surface area contributed by atoms with Crippen molar-refractivity contribution in [1.82, 2.24) is 20.1 Å². The Morgan fingerprint density at radius 2 is 2.58 bits per heavy atom. The summed E-state index contributed by atoms with van der Waals surface area (Å²) in [5.41, 5.74) is 0.170. The molecule has 2 fully saturated rings. The fourth-order valence-corrected chi connectivity index (χ4v) is 4.33. The van der Waals surface area contributed by atoms with E-state index in [1.807, 2.05) is 18.8 Å². The van der Waals surface area contributed by atoms with Gasteiger partial charge in [0.15, 0.2) is 5.82 Å². The van der Waals surface area contributed by atoms with Crippen molar-refractivity contribution in [2.75, 3.05) is 24.7 Å². The van der Waals surface area contributed by atoms with Crippen LogP contribution in [0.3, 0.4) is 0 Å². The van der Waals surface area contributed by atoms with Crippen LogP contribution in [0.2, 0.25) is 0 Å². The summed E-state index contributed by atoms with van der Waals surface area (Å²) in [6.07, 6.45) is 6.17. The molecule has 106 valence electrons. The molecule has 19 heavy (non-hydrogen) atoms. The number of hydrogen-bond donors (Lipinski definition) is 1. The van der Waals surface area contributed by atoms with E-state index in [-0.39, 0.29) is 5.60 Å². The molecule has 2 aliphatic rings. The van der Waals surface area contributed by atoms with Gasteiger partial charge in [0.1, 0.15) is 6.33 Å². The fourth-order valence-electron chi connectivity index (χ4n) is 2.95. The first kappa shape index (κ1) is 13.4. The molecule has 0 saturated carbocycles. The summed E-state index contributed by atoms with van der Waals surface area (Å²) >= 11 is 2.03. The molecular weight excluding hydrogens is 260 g/mol. The van der Waals surface area contributed by atoms with Crippen molar-refractivity contribution >= 4 is 11.8 Å². The van der Waals surface area contributed by atoms with Crippen molar-refractivity contribution in [3.8, 4) is 0 Å². The van der Waals surface area contributed by atoms with E-state index < -0.39 is 0 Å². The van der Waals surface area contributed by atoms with Gasteiger partial charge < -0.3 is 10.1 Å². The minimum Gasteiger partial charge on any atom is -0.374 e. The van der Waals surface area contributed by atoms with E-state index in [9.17, 15) is 0 Å². The summed E-state index contributed by atoms with van der Waals surface area (Å²) in [4.78, 5) is 4.25. The third kappa shape index (κ3) is 3.30. The van der Waals surface area contributed by atoms with Gasteiger partial charge >= 0.3 is 0 Å². The number of thioether (sulfide) groups is 1. The highest BCUT2D eigenvalue weighted by molar-refractivity contribution is 7.99. The predicted octanol–water partition coefficient (Wildman–Crippen LogP) is 1.00. The monoisotopic (exact) mass is 282 g/mol. The maximum absolute atomic E-state index is 6.04. The number of nitrogens with one attached hydrogen (secondary N) is 1. The highest BCUT2D eigenvalue weighted by atomic mass is 32.2. The van der Waals surface area contributed by atoms with Crippen LogP contribution in [0.5, 0.6) is 0 Å². The van der Waals surface area contributed by atoms with Crippen LogP contribution in [0.25, 0.3) is 0 Å². The average molecular weight is 282 g/mol. The molecule has 1 spiro atoms. The quantitative estimate of drug-likeness (QED) is 0.893. The van der Waals surface area contributed by atoms with Gasteiger partial charge in [-0.3, -0.25) is 4.68 Å². The molecule has 3 heterocycles. The van der Waals surface area contributed by atoms with Gasteiger partial charge in [-0.25, -0.2) is 4.98 Å². The van der Waals surface area contributed by atoms with E-state index in [4.69, 9.17) is 4.74 Å². The number of ether oxygens (including phenoxy) is 1. The second-order valence-corrected chi connectivity index (χ2v) is 6.67. The molecule has 0 amide bonds. The number of nitrogens with zero attached hydrogens (tertiary/aromatic N) is 3. The van der Waals surface area contributed by atoms with E-state index in [0.29, 0.717) is 6.04 Å². The van der Waals surface area contributed by atoms with Gasteiger partial charge in [0.25, 0.3) is 0 Å². The third-order valence-corrected chi connectivity index (χ3v) is 5.21. The summed E-state index contributed by atoms with van der Waals surface area (Å²) in [5, 5.41) is 7.95. The van der Waals surface area contributed by atoms with Crippen LogP contribution in [0.1, 0.15) is 25.1 Å². The normalized spacial score (nSPS) is 31.1. The molecule has 2 saturated heterocycles. The van der Waals surface area contributed by atoms with Crippen LogP contribution in [0, 0.1) is 0 Å². The molecule has 1 aromatic rings. The first-order chi connectivity index (χ1) is 9.26. The molecule has 6 heteroatoms. The Balaban J connectivity index is 1.45. The molecule has 1 aromatic heterocycles. The minimum absolute atomic E-state index is 0.170. The second kappa shape index (κ2) is 5.81. The minimum atomic E-state index is 0.170. The maximum Gasteiger partial charge on any atom is 0.151 e. The van der Waals surface area contributed by atoms with E-state index >= 15 is 0 Å². The van der Waals surface area contributed by atoms with Crippen LogP contribution in [0.15, 0.2) is 6.33 Å². The smallest absolute Gasteiger partial charge is 0.151 e. The lowest BCUT2D eigenvalue weighted by Crippen LogP contribution is -2.47. The molecule has 0 bridgehead atoms. The zero-order chi connectivity index (χ0) is 13.1. The van der Waals surface area contributed by atoms with Crippen LogP contribution < -0.4 is 5.32 Å². The Hall–Kier alpha value is -0.590. The lowest BCUT2D eigenvalue weighted by atomic mass is 9.90. The highest BCUT2D eigenvalue weighted by Gasteiger charge is 2.40. The average Bonchev–Trinajstić information content (AvgIpc) is 3.00. The highest BCUT2D eigenvalue weighted by Crippen LogP contribution is 2.38. The topological polar surface area (TPSA) is 52.0 Å². The van der Waals surface area contributed by atoms with Gasteiger partial charge in [0.05, 0.1) is 5.60 Å². The lowest BCUT2D eigenvalue weighted by Gasteiger charge is -2.38. The van der Waals surface area contributed by atoms with E-state index in [2.05, 4.69) is 15.4 Å². The molecule has 2 aliphatic heterocycles. The molecule has 1 N–H and O–H groups in total. The second-order valence-electron chi connectivity index (χ2n) is 5.56. The van der Waals surface area contributed by atoms with Crippen molar-refractivity contribution in [2.24, 2.45) is 7.05 Å². The first-order valence-electron chi connectivity index (χ1n) is 7.05. The Morgan fingerprint density at radius 3 is 3.32 bits per heavy atom. The van der Waals surface area contributed by atoms with Gasteiger partial charge in [-0.15, -0.1) is 0 Å². The van der Waals surface area contributed by atoms with Crippen LogP contribution in [-0.4, -0.2) is 51.1 Å². The van der Waals surface area contributed by atoms with Crippen molar-refractivity contribution in [2.45, 2.75) is 37.3 Å². The number of rotatable bonds is 4. The van der Waals surface area contributed by atoms with Crippen LogP contribution in [0.4, 0.5) is 0 Å². The van der Waals surface area contributed by atoms with Gasteiger partial charge in [-0.05, 0) is 25.0 Å². The van der Waals surface area contributed by atoms with Crippen LogP contribution >= 0.6 is 11.8 Å². The summed E-state index contributed by atoms with van der Waals surface area (Å²) in [5.74, 6) is 3.35. The molecule has 2 unspecified atom stereocenters. The zero-order valence-corrected chi connectivity index (χ0v) is 12.3. The number of aromatic nitrogens is 3. The van der Waals surface area contributed by atoms with Crippen molar-refractivity contribution in [3.63, 3.8) is 0 Å². The molecular formula is C13H22N4OS. The molecule has 5 nitrogen and oxygen atoms in total. The standard InChI is InChI=1S/C13H22N4OS/c1-17-10-15-12(16-17)2-5-14-11-3-6-18-13(8-11)4-7-19-9-13/h10-11,14H,2-9H2,1H3. The lowest BCUT2D eigenvalue weighted by molar-refractivity contribution is -0.0699. The Morgan fingerprint density at radius 1 is 1.63 bits per heavy atom. The van der Waals surface area contributed by atoms with Gasteiger partial charge in [-0.1, -0.05) is 0 Å². The van der Waals surface area contributed by atoms with Gasteiger partial charge in [-0.2, -0.15) is 16.9 Å². The zero-order valence-electron chi connectivity index (χ0n) is 11.5. The fraction of sp³-hybridized carbons (Fsp3) is 0.846. The Labute approximate surface area is 118 Å². The number of aryl methyl sites for hydroxylation is 1. The van der Waals surface area contributed by atoms with Crippen molar-refractivity contribution in [1.29, 1.82) is 0 Å². The van der Waals surface area contributed by atoms with E-state index in [1.165, 1.54) is 17.9 Å². The van der Waals surface area contributed by atoms with Crippen molar-refractivity contribution in [3.05, 3.63) is 12.2 Å². The number of hydrogen-bond acceptors (Lipinski definition) is 5. The summed E-state index contributed by atoms with van der Waals surface area (Å²) in [6.45, 7) is 1.86. The molecule has 3 rings (SSSR count). The van der Waals surface area contributed by atoms with E-state index in [1.54, 1.807) is 11.0 Å². The summed E-state index contributed by atoms with van der Waals surface area (Å²) in [7, 11) is 1.91. The Kier molecular flexibility index (Phi) is 4.10. The molecule has 0 radical (unpaired) electrons. The maximum atomic E-state index is 6.04. The van der Waals surface area contributed by atoms with Crippen molar-refractivity contribution < 1.29 is 4.74 Å². The molecule has 2 atom stereocenters. The van der Waals surface area contributed by atoms with Gasteiger partial charge in [0.2, 0.25) is 0 Å². The van der Waals surface area contributed by atoms with E-state index in [0.717, 1.165) is 38.2 Å². The molecule has 0 aliphatic carbocycles. The third-order valence-electron chi connectivity index (χ3n) is 3.99. The first-order valence-corrected chi connectivity index (χ1v) is 8.21. The summed E-state index contributed by atoms with van der Waals surface area (Å²) in [6, 6.07) is 0.594. The SMILES string of the molecule is Cn1cnc(CCNC2CCOC3(CCSC3)C2)n1.